The van der Waals surface area contributed by atoms with Crippen molar-refractivity contribution in [3.63, 3.8) is 0 Å². The second kappa shape index (κ2) is 6.51. The number of hydrogen-bond donors (Lipinski definition) is 2. The molecule has 0 bridgehead atoms. The number of fused-ring (bicyclic) bond motifs is 1. The number of alkyl halides is 3. The van der Waals surface area contributed by atoms with Crippen molar-refractivity contribution in [3.05, 3.63) is 64.2 Å². The Hall–Kier alpha value is -3.63. The van der Waals surface area contributed by atoms with Gasteiger partial charge in [0.2, 0.25) is 5.95 Å². The largest absolute Gasteiger partial charge is 0.433 e. The van der Waals surface area contributed by atoms with E-state index >= 15 is 0 Å². The molecule has 4 aromatic rings. The lowest BCUT2D eigenvalue weighted by molar-refractivity contribution is -0.141. The molecular weight excluding hydrogens is 375 g/mol. The summed E-state index contributed by atoms with van der Waals surface area (Å²) in [5.41, 5.74) is 0.559. The van der Waals surface area contributed by atoms with Gasteiger partial charge in [0.15, 0.2) is 5.69 Å². The maximum absolute atomic E-state index is 12.8. The van der Waals surface area contributed by atoms with Gasteiger partial charge in [-0.1, -0.05) is 24.3 Å². The van der Waals surface area contributed by atoms with Gasteiger partial charge < -0.3 is 5.32 Å². The van der Waals surface area contributed by atoms with Crippen LogP contribution in [0.5, 0.6) is 0 Å². The lowest BCUT2D eigenvalue weighted by Crippen LogP contribution is -2.20. The number of benzene rings is 1. The molecule has 2 N–H and O–H groups in total. The summed E-state index contributed by atoms with van der Waals surface area (Å²) >= 11 is 0. The normalized spacial score (nSPS) is 11.9. The molecule has 11 heteroatoms. The summed E-state index contributed by atoms with van der Waals surface area (Å²) in [5, 5.41) is 9.85. The lowest BCUT2D eigenvalue weighted by Gasteiger charge is -2.04. The zero-order valence-electron chi connectivity index (χ0n) is 14.5. The summed E-state index contributed by atoms with van der Waals surface area (Å²) in [5.74, 6) is -0.217. The molecule has 0 aliphatic carbocycles. The highest BCUT2D eigenvalue weighted by molar-refractivity contribution is 5.58. The van der Waals surface area contributed by atoms with Crippen molar-refractivity contribution in [1.82, 2.24) is 29.4 Å². The molecule has 0 amide bonds. The van der Waals surface area contributed by atoms with Crippen LogP contribution in [0.15, 0.2) is 47.4 Å². The summed E-state index contributed by atoms with van der Waals surface area (Å²) in [4.78, 5) is 19.1. The van der Waals surface area contributed by atoms with Gasteiger partial charge in [-0.05, 0) is 11.6 Å². The van der Waals surface area contributed by atoms with Crippen LogP contribution in [0.2, 0.25) is 0 Å². The van der Waals surface area contributed by atoms with Crippen LogP contribution >= 0.6 is 0 Å². The maximum atomic E-state index is 12.8. The van der Waals surface area contributed by atoms with Gasteiger partial charge in [0.25, 0.3) is 11.3 Å². The summed E-state index contributed by atoms with van der Waals surface area (Å²) in [6, 6.07) is 9.95. The minimum absolute atomic E-state index is 0.137. The smallest absolute Gasteiger partial charge is 0.351 e. The zero-order valence-corrected chi connectivity index (χ0v) is 14.5. The SMILES string of the molecule is Cn1ccc(-c2ccc(CNc3nc4nc(C(F)(F)F)cc(=O)n4[nH]3)cc2)n1. The number of H-pyrrole nitrogens is 1. The molecular formula is C17H14F3N7O. The number of aromatic nitrogens is 6. The number of rotatable bonds is 4. The third-order valence-electron chi connectivity index (χ3n) is 4.04. The van der Waals surface area contributed by atoms with Gasteiger partial charge in [-0.25, -0.2) is 4.98 Å². The van der Waals surface area contributed by atoms with Crippen molar-refractivity contribution in [3.8, 4) is 11.3 Å². The highest BCUT2D eigenvalue weighted by Gasteiger charge is 2.33. The number of hydrogen-bond acceptors (Lipinski definition) is 5. The van der Waals surface area contributed by atoms with Gasteiger partial charge in [0.1, 0.15) is 0 Å². The van der Waals surface area contributed by atoms with Crippen molar-refractivity contribution >= 4 is 11.7 Å². The fraction of sp³-hybridized carbons (Fsp3) is 0.176. The van der Waals surface area contributed by atoms with E-state index in [1.807, 2.05) is 43.6 Å². The Labute approximate surface area is 155 Å². The second-order valence-corrected chi connectivity index (χ2v) is 6.11. The number of halogens is 3. The van der Waals surface area contributed by atoms with Crippen LogP contribution in [0.1, 0.15) is 11.3 Å². The van der Waals surface area contributed by atoms with Gasteiger partial charge in [0, 0.05) is 31.4 Å². The highest BCUT2D eigenvalue weighted by Crippen LogP contribution is 2.26. The minimum atomic E-state index is -4.71. The number of anilines is 1. The average molecular weight is 389 g/mol. The zero-order chi connectivity index (χ0) is 19.9. The number of aromatic amines is 1. The van der Waals surface area contributed by atoms with Crippen LogP contribution in [0.3, 0.4) is 0 Å². The lowest BCUT2D eigenvalue weighted by atomic mass is 10.1. The topological polar surface area (TPSA) is 92.9 Å². The molecule has 1 aromatic carbocycles. The Morgan fingerprint density at radius 3 is 2.54 bits per heavy atom. The quantitative estimate of drug-likeness (QED) is 0.559. The van der Waals surface area contributed by atoms with Crippen LogP contribution in [-0.4, -0.2) is 29.4 Å². The van der Waals surface area contributed by atoms with Crippen molar-refractivity contribution in [1.29, 1.82) is 0 Å². The molecule has 0 radical (unpaired) electrons. The van der Waals surface area contributed by atoms with E-state index in [4.69, 9.17) is 0 Å². The van der Waals surface area contributed by atoms with Gasteiger partial charge in [0.05, 0.1) is 5.69 Å². The van der Waals surface area contributed by atoms with Crippen molar-refractivity contribution < 1.29 is 13.2 Å². The molecule has 0 atom stereocenters. The molecule has 3 heterocycles. The van der Waals surface area contributed by atoms with E-state index < -0.39 is 17.4 Å². The first-order valence-electron chi connectivity index (χ1n) is 8.19. The highest BCUT2D eigenvalue weighted by atomic mass is 19.4. The number of nitrogens with zero attached hydrogens (tertiary/aromatic N) is 5. The third kappa shape index (κ3) is 3.46. The van der Waals surface area contributed by atoms with E-state index in [1.165, 1.54) is 0 Å². The molecule has 144 valence electrons. The molecule has 0 saturated heterocycles. The molecule has 0 aliphatic heterocycles. The van der Waals surface area contributed by atoms with E-state index in [9.17, 15) is 18.0 Å². The van der Waals surface area contributed by atoms with Crippen molar-refractivity contribution in [2.75, 3.05) is 5.32 Å². The Morgan fingerprint density at radius 1 is 1.14 bits per heavy atom. The van der Waals surface area contributed by atoms with E-state index in [0.29, 0.717) is 12.6 Å². The first-order chi connectivity index (χ1) is 13.3. The van der Waals surface area contributed by atoms with Gasteiger partial charge in [-0.15, -0.1) is 0 Å². The monoisotopic (exact) mass is 389 g/mol. The fourth-order valence-corrected chi connectivity index (χ4v) is 2.65. The van der Waals surface area contributed by atoms with Crippen LogP contribution in [0.25, 0.3) is 17.0 Å². The molecule has 0 saturated carbocycles. The standard InChI is InChI=1S/C17H14F3N7O/c1-26-7-6-12(24-26)11-4-2-10(3-5-11)9-21-15-23-16-22-13(17(18,19)20)8-14(28)27(16)25-15/h2-8H,9H2,1H3,(H2,21,22,23,25). The van der Waals surface area contributed by atoms with Gasteiger partial charge in [-0.3, -0.25) is 14.6 Å². The first kappa shape index (κ1) is 17.8. The Morgan fingerprint density at radius 2 is 1.89 bits per heavy atom. The van der Waals surface area contributed by atoms with Crippen LogP contribution < -0.4 is 10.9 Å². The van der Waals surface area contributed by atoms with Crippen LogP contribution in [0, 0.1) is 0 Å². The average Bonchev–Trinajstić information content (AvgIpc) is 3.26. The van der Waals surface area contributed by atoms with E-state index in [1.54, 1.807) is 4.68 Å². The summed E-state index contributed by atoms with van der Waals surface area (Å²) in [6.07, 6.45) is -2.86. The summed E-state index contributed by atoms with van der Waals surface area (Å²) in [7, 11) is 1.84. The predicted molar refractivity (Wildman–Crippen MR) is 94.6 cm³/mol. The van der Waals surface area contributed by atoms with Crippen LogP contribution in [-0.2, 0) is 19.8 Å². The molecule has 3 aromatic heterocycles. The number of nitrogens with one attached hydrogen (secondary N) is 2. The van der Waals surface area contributed by atoms with E-state index in [-0.39, 0.29) is 11.7 Å². The van der Waals surface area contributed by atoms with Gasteiger partial charge >= 0.3 is 6.18 Å². The predicted octanol–water partition coefficient (Wildman–Crippen LogP) is 2.45. The van der Waals surface area contributed by atoms with Crippen molar-refractivity contribution in [2.24, 2.45) is 7.05 Å². The summed E-state index contributed by atoms with van der Waals surface area (Å²) in [6.45, 7) is 0.350. The van der Waals surface area contributed by atoms with E-state index in [0.717, 1.165) is 21.3 Å². The first-order valence-corrected chi connectivity index (χ1v) is 8.19. The maximum Gasteiger partial charge on any atom is 0.433 e. The fourth-order valence-electron chi connectivity index (χ4n) is 2.65. The van der Waals surface area contributed by atoms with Gasteiger partial charge in [-0.2, -0.15) is 27.8 Å². The molecule has 28 heavy (non-hydrogen) atoms. The third-order valence-corrected chi connectivity index (χ3v) is 4.04. The minimum Gasteiger partial charge on any atom is -0.351 e. The molecule has 0 fully saturated rings. The molecule has 0 aliphatic rings. The second-order valence-electron chi connectivity index (χ2n) is 6.11. The molecule has 4 rings (SSSR count). The Balaban J connectivity index is 1.51. The van der Waals surface area contributed by atoms with Crippen molar-refractivity contribution in [2.45, 2.75) is 12.7 Å². The molecule has 0 unspecified atom stereocenters. The number of aryl methyl sites for hydroxylation is 1. The van der Waals surface area contributed by atoms with Crippen LogP contribution in [0.4, 0.5) is 19.1 Å². The van der Waals surface area contributed by atoms with E-state index in [2.05, 4.69) is 25.5 Å². The Kier molecular flexibility index (Phi) is 4.13. The summed E-state index contributed by atoms with van der Waals surface area (Å²) < 4.78 is 40.8. The molecule has 0 spiro atoms. The Bertz CT molecular complexity index is 1190. The molecule has 8 nitrogen and oxygen atoms in total.